The van der Waals surface area contributed by atoms with E-state index in [1.54, 1.807) is 19.3 Å². The van der Waals surface area contributed by atoms with Crippen LogP contribution in [0.1, 0.15) is 24.2 Å². The van der Waals surface area contributed by atoms with Gasteiger partial charge in [-0.2, -0.15) is 16.4 Å². The first kappa shape index (κ1) is 23.1. The number of nitrogens with zero attached hydrogens (tertiary/aromatic N) is 3. The van der Waals surface area contributed by atoms with Crippen LogP contribution in [0.5, 0.6) is 0 Å². The first-order chi connectivity index (χ1) is 16.5. The Labute approximate surface area is 199 Å². The number of nitrogens with one attached hydrogen (secondary N) is 1. The highest BCUT2D eigenvalue weighted by atomic mass is 32.1. The molecule has 0 fully saturated rings. The summed E-state index contributed by atoms with van der Waals surface area (Å²) < 4.78 is 11.5. The van der Waals surface area contributed by atoms with Crippen molar-refractivity contribution in [1.82, 2.24) is 14.8 Å². The van der Waals surface area contributed by atoms with Crippen LogP contribution in [0.4, 0.5) is 11.4 Å². The van der Waals surface area contributed by atoms with Gasteiger partial charge >= 0.3 is 11.9 Å². The predicted molar refractivity (Wildman–Crippen MR) is 129 cm³/mol. The lowest BCUT2D eigenvalue weighted by Gasteiger charge is -2.17. The van der Waals surface area contributed by atoms with Crippen LogP contribution in [-0.2, 0) is 20.8 Å². The Bertz CT molecular complexity index is 1390. The van der Waals surface area contributed by atoms with Crippen LogP contribution in [0.25, 0.3) is 22.0 Å². The highest BCUT2D eigenvalue weighted by Crippen LogP contribution is 2.31. The van der Waals surface area contributed by atoms with Crippen molar-refractivity contribution >= 4 is 45.4 Å². The number of esters is 2. The van der Waals surface area contributed by atoms with Gasteiger partial charge in [-0.1, -0.05) is 24.3 Å². The zero-order chi connectivity index (χ0) is 24.1. The van der Waals surface area contributed by atoms with Gasteiger partial charge in [0.1, 0.15) is 30.2 Å². The smallest absolute Gasteiger partial charge is 0.342 e. The van der Waals surface area contributed by atoms with E-state index in [1.807, 2.05) is 41.1 Å². The fourth-order valence-corrected chi connectivity index (χ4v) is 4.08. The Balaban J connectivity index is 1.85. The van der Waals surface area contributed by atoms with Gasteiger partial charge < -0.3 is 14.8 Å². The molecule has 9 nitrogen and oxygen atoms in total. The lowest BCUT2D eigenvalue weighted by atomic mass is 10.1. The van der Waals surface area contributed by atoms with Crippen LogP contribution in [0.15, 0.2) is 58.3 Å². The van der Waals surface area contributed by atoms with Crippen LogP contribution in [-0.4, -0.2) is 39.9 Å². The molecule has 3 aromatic heterocycles. The van der Waals surface area contributed by atoms with E-state index < -0.39 is 17.5 Å². The fraction of sp³-hybridized carbons (Fsp3) is 0.208. The molecule has 0 aliphatic heterocycles. The summed E-state index contributed by atoms with van der Waals surface area (Å²) in [4.78, 5) is 41.8. The van der Waals surface area contributed by atoms with E-state index in [0.29, 0.717) is 23.5 Å². The molecular formula is C24H22N4O5S. The molecule has 0 aliphatic carbocycles. The first-order valence-corrected chi connectivity index (χ1v) is 11.5. The largest absolute Gasteiger partial charge is 0.462 e. The Kier molecular flexibility index (Phi) is 6.98. The highest BCUT2D eigenvalue weighted by molar-refractivity contribution is 7.08. The molecule has 0 saturated carbocycles. The summed E-state index contributed by atoms with van der Waals surface area (Å²) >= 11 is 1.44. The number of ether oxygens (including phenoxy) is 2. The highest BCUT2D eigenvalue weighted by Gasteiger charge is 2.26. The summed E-state index contributed by atoms with van der Waals surface area (Å²) in [7, 11) is 0. The number of rotatable bonds is 8. The molecule has 0 aliphatic rings. The van der Waals surface area contributed by atoms with Crippen LogP contribution in [0.3, 0.4) is 0 Å². The molecule has 0 saturated heterocycles. The maximum atomic E-state index is 13.3. The summed E-state index contributed by atoms with van der Waals surface area (Å²) in [5.41, 5.74) is 1.13. The van der Waals surface area contributed by atoms with Crippen molar-refractivity contribution in [2.45, 2.75) is 20.4 Å². The van der Waals surface area contributed by atoms with Crippen molar-refractivity contribution in [2.75, 3.05) is 18.5 Å². The number of aromatic nitrogens is 3. The molecule has 0 bridgehead atoms. The summed E-state index contributed by atoms with van der Waals surface area (Å²) in [5.74, 6) is -1.23. The van der Waals surface area contributed by atoms with Crippen molar-refractivity contribution < 1.29 is 19.1 Å². The Morgan fingerprint density at radius 3 is 2.65 bits per heavy atom. The van der Waals surface area contributed by atoms with Crippen molar-refractivity contribution in [1.29, 1.82) is 0 Å². The molecular weight excluding hydrogens is 456 g/mol. The lowest BCUT2D eigenvalue weighted by Crippen LogP contribution is -2.29. The van der Waals surface area contributed by atoms with Crippen LogP contribution < -0.4 is 10.9 Å². The Hall–Kier alpha value is -4.05. The zero-order valence-corrected chi connectivity index (χ0v) is 19.4. The molecule has 0 atom stereocenters. The van der Waals surface area contributed by atoms with E-state index in [2.05, 4.69) is 15.4 Å². The average molecular weight is 479 g/mol. The molecule has 3 heterocycles. The van der Waals surface area contributed by atoms with Crippen molar-refractivity contribution in [3.05, 3.63) is 69.4 Å². The number of carbonyl (C=O) groups is 2. The summed E-state index contributed by atoms with van der Waals surface area (Å²) in [5, 5.41) is 13.0. The second-order valence-electron chi connectivity index (χ2n) is 7.24. The Morgan fingerprint density at radius 1 is 1.12 bits per heavy atom. The Morgan fingerprint density at radius 2 is 1.91 bits per heavy atom. The number of hydrogen-bond acceptors (Lipinski definition) is 9. The van der Waals surface area contributed by atoms with Crippen LogP contribution >= 0.6 is 11.3 Å². The third kappa shape index (κ3) is 4.81. The van der Waals surface area contributed by atoms with Gasteiger partial charge in [-0.3, -0.25) is 14.6 Å². The second kappa shape index (κ2) is 10.3. The van der Waals surface area contributed by atoms with Gasteiger partial charge in [0.05, 0.1) is 11.9 Å². The molecule has 4 aromatic rings. The number of thiophene rings is 1. The van der Waals surface area contributed by atoms with E-state index in [-0.39, 0.29) is 24.5 Å². The summed E-state index contributed by atoms with van der Waals surface area (Å²) in [6, 6.07) is 9.40. The number of fused-ring (bicyclic) bond motifs is 1. The van der Waals surface area contributed by atoms with Gasteiger partial charge in [0.15, 0.2) is 0 Å². The zero-order valence-electron chi connectivity index (χ0n) is 18.6. The molecule has 1 aromatic carbocycles. The number of pyridine rings is 1. The van der Waals surface area contributed by atoms with E-state index in [9.17, 15) is 14.4 Å². The molecule has 1 N–H and O–H groups in total. The monoisotopic (exact) mass is 478 g/mol. The molecule has 0 spiro atoms. The van der Waals surface area contributed by atoms with Gasteiger partial charge in [-0.05, 0) is 18.4 Å². The number of benzene rings is 1. The van der Waals surface area contributed by atoms with Crippen molar-refractivity contribution in [2.24, 2.45) is 0 Å². The summed E-state index contributed by atoms with van der Waals surface area (Å²) in [6.45, 7) is 3.12. The number of aryl methyl sites for hydroxylation is 1. The molecule has 34 heavy (non-hydrogen) atoms. The van der Waals surface area contributed by atoms with Gasteiger partial charge in [0, 0.05) is 41.4 Å². The third-order valence-corrected chi connectivity index (χ3v) is 5.69. The van der Waals surface area contributed by atoms with E-state index >= 15 is 0 Å². The second-order valence-corrected chi connectivity index (χ2v) is 8.02. The maximum Gasteiger partial charge on any atom is 0.342 e. The standard InChI is InChI=1S/C24H22N4O5S/c1-3-28-23(30)22(26-19-13-25-12-16-6-4-5-7-18(16)19)20(21(27-28)17-8-11-34-14-17)24(31)33-10-9-32-15(2)29/h4-8,11-14,26H,3,9-10H2,1-2H3. The summed E-state index contributed by atoms with van der Waals surface area (Å²) in [6.07, 6.45) is 3.32. The predicted octanol–water partition coefficient (Wildman–Crippen LogP) is 4.00. The fourth-order valence-electron chi connectivity index (χ4n) is 3.44. The van der Waals surface area contributed by atoms with E-state index in [0.717, 1.165) is 10.8 Å². The van der Waals surface area contributed by atoms with Gasteiger partial charge in [0.2, 0.25) is 0 Å². The molecule has 0 unspecified atom stereocenters. The normalized spacial score (nSPS) is 10.8. The van der Waals surface area contributed by atoms with Crippen molar-refractivity contribution in [3.63, 3.8) is 0 Å². The average Bonchev–Trinajstić information content (AvgIpc) is 3.37. The number of carbonyl (C=O) groups excluding carboxylic acids is 2. The molecule has 4 rings (SSSR count). The quantitative estimate of drug-likeness (QED) is 0.299. The SMILES string of the molecule is CCn1nc(-c2ccsc2)c(C(=O)OCCOC(C)=O)c(Nc2cncc3ccccc23)c1=O. The lowest BCUT2D eigenvalue weighted by molar-refractivity contribution is -0.142. The van der Waals surface area contributed by atoms with Crippen LogP contribution in [0.2, 0.25) is 0 Å². The van der Waals surface area contributed by atoms with Gasteiger partial charge in [0.25, 0.3) is 5.56 Å². The molecule has 0 radical (unpaired) electrons. The third-order valence-electron chi connectivity index (χ3n) is 5.00. The maximum absolute atomic E-state index is 13.3. The minimum atomic E-state index is -0.753. The number of anilines is 2. The van der Waals surface area contributed by atoms with Crippen LogP contribution in [0, 0.1) is 0 Å². The minimum absolute atomic E-state index is 0.00357. The first-order valence-electron chi connectivity index (χ1n) is 10.6. The van der Waals surface area contributed by atoms with E-state index in [1.165, 1.54) is 22.9 Å². The van der Waals surface area contributed by atoms with Gasteiger partial charge in [-0.25, -0.2) is 9.48 Å². The van der Waals surface area contributed by atoms with Crippen molar-refractivity contribution in [3.8, 4) is 11.3 Å². The topological polar surface area (TPSA) is 112 Å². The molecule has 0 amide bonds. The molecule has 10 heteroatoms. The minimum Gasteiger partial charge on any atom is -0.462 e. The number of hydrogen-bond donors (Lipinski definition) is 1. The van der Waals surface area contributed by atoms with Gasteiger partial charge in [-0.15, -0.1) is 0 Å². The molecule has 174 valence electrons. The van der Waals surface area contributed by atoms with E-state index in [4.69, 9.17) is 9.47 Å².